The fourth-order valence-electron chi connectivity index (χ4n) is 2.88. The van der Waals surface area contributed by atoms with Crippen molar-refractivity contribution < 1.29 is 4.39 Å². The smallest absolute Gasteiger partial charge is 0.170 e. The summed E-state index contributed by atoms with van der Waals surface area (Å²) < 4.78 is 13.2. The number of halogens is 2. The first-order chi connectivity index (χ1) is 12.1. The Balaban J connectivity index is 1.43. The van der Waals surface area contributed by atoms with Crippen molar-refractivity contribution in [2.45, 2.75) is 25.4 Å². The summed E-state index contributed by atoms with van der Waals surface area (Å²) in [5.74, 6) is -0.439. The second-order valence-electron chi connectivity index (χ2n) is 6.10. The summed E-state index contributed by atoms with van der Waals surface area (Å²) in [5, 5.41) is 6.99. The number of piperidine rings is 1. The highest BCUT2D eigenvalue weighted by Crippen LogP contribution is 2.19. The van der Waals surface area contributed by atoms with Gasteiger partial charge in [0.05, 0.1) is 10.7 Å². The second-order valence-corrected chi connectivity index (χ2v) is 6.91. The minimum atomic E-state index is -0.439. The monoisotopic (exact) mass is 378 g/mol. The van der Waals surface area contributed by atoms with Crippen molar-refractivity contribution in [3.63, 3.8) is 0 Å². The van der Waals surface area contributed by atoms with Crippen molar-refractivity contribution >= 4 is 34.6 Å². The van der Waals surface area contributed by atoms with Crippen LogP contribution in [0.2, 0.25) is 5.02 Å². The minimum absolute atomic E-state index is 0.0793. The predicted octanol–water partition coefficient (Wildman–Crippen LogP) is 3.83. The first-order valence-electron chi connectivity index (χ1n) is 8.25. The van der Waals surface area contributed by atoms with Gasteiger partial charge in [-0.15, -0.1) is 0 Å². The third-order valence-electron chi connectivity index (χ3n) is 4.21. The molecule has 1 aromatic carbocycles. The lowest BCUT2D eigenvalue weighted by molar-refractivity contribution is 0.197. The average molecular weight is 379 g/mol. The predicted molar refractivity (Wildman–Crippen MR) is 103 cm³/mol. The van der Waals surface area contributed by atoms with Crippen LogP contribution in [0.5, 0.6) is 0 Å². The largest absolute Gasteiger partial charge is 0.360 e. The van der Waals surface area contributed by atoms with Gasteiger partial charge in [0.25, 0.3) is 0 Å². The first kappa shape index (κ1) is 18.0. The highest BCUT2D eigenvalue weighted by atomic mass is 35.5. The molecular formula is C18H20ClFN4S. The van der Waals surface area contributed by atoms with Crippen LogP contribution in [0.4, 0.5) is 10.1 Å². The summed E-state index contributed by atoms with van der Waals surface area (Å²) >= 11 is 11.1. The zero-order chi connectivity index (χ0) is 17.6. The molecule has 0 spiro atoms. The maximum atomic E-state index is 13.2. The third-order valence-corrected chi connectivity index (χ3v) is 4.72. The van der Waals surface area contributed by atoms with Crippen molar-refractivity contribution in [1.82, 2.24) is 15.2 Å². The summed E-state index contributed by atoms with van der Waals surface area (Å²) in [6, 6.07) is 10.8. The van der Waals surface area contributed by atoms with Crippen LogP contribution in [-0.2, 0) is 6.54 Å². The van der Waals surface area contributed by atoms with Crippen LogP contribution in [0.3, 0.4) is 0 Å². The molecule has 1 aliphatic rings. The Kier molecular flexibility index (Phi) is 6.18. The molecule has 2 N–H and O–H groups in total. The van der Waals surface area contributed by atoms with Crippen LogP contribution in [-0.4, -0.2) is 34.1 Å². The van der Waals surface area contributed by atoms with Gasteiger partial charge < -0.3 is 10.6 Å². The van der Waals surface area contributed by atoms with E-state index in [1.54, 1.807) is 6.07 Å². The minimum Gasteiger partial charge on any atom is -0.360 e. The molecule has 2 aromatic rings. The third kappa shape index (κ3) is 5.36. The van der Waals surface area contributed by atoms with Crippen LogP contribution in [0.25, 0.3) is 0 Å². The highest BCUT2D eigenvalue weighted by molar-refractivity contribution is 7.80. The van der Waals surface area contributed by atoms with Gasteiger partial charge in [-0.25, -0.2) is 4.39 Å². The van der Waals surface area contributed by atoms with Crippen molar-refractivity contribution in [2.24, 2.45) is 0 Å². The van der Waals surface area contributed by atoms with E-state index in [0.717, 1.165) is 38.2 Å². The van der Waals surface area contributed by atoms with E-state index in [2.05, 4.69) is 26.6 Å². The molecular weight excluding hydrogens is 359 g/mol. The number of thiocarbonyl (C=S) groups is 1. The zero-order valence-electron chi connectivity index (χ0n) is 13.7. The number of anilines is 1. The van der Waals surface area contributed by atoms with E-state index >= 15 is 0 Å². The summed E-state index contributed by atoms with van der Waals surface area (Å²) in [6.45, 7) is 2.88. The van der Waals surface area contributed by atoms with Gasteiger partial charge in [-0.05, 0) is 55.4 Å². The van der Waals surface area contributed by atoms with Crippen LogP contribution in [0.1, 0.15) is 18.5 Å². The van der Waals surface area contributed by atoms with E-state index in [4.69, 9.17) is 23.8 Å². The maximum Gasteiger partial charge on any atom is 0.170 e. The van der Waals surface area contributed by atoms with Gasteiger partial charge in [0, 0.05) is 37.6 Å². The van der Waals surface area contributed by atoms with Crippen LogP contribution < -0.4 is 10.6 Å². The topological polar surface area (TPSA) is 40.2 Å². The summed E-state index contributed by atoms with van der Waals surface area (Å²) in [5.41, 5.74) is 1.77. The lowest BCUT2D eigenvalue weighted by Crippen LogP contribution is -2.45. The first-order valence-corrected chi connectivity index (χ1v) is 9.03. The van der Waals surface area contributed by atoms with Crippen LogP contribution in [0.15, 0.2) is 42.6 Å². The standard InChI is InChI=1S/C18H20ClFN4S/c19-16-11-14(4-5-17(16)20)23-18(25)22-13-6-9-24(10-7-13)12-15-3-1-2-8-21-15/h1-5,8,11,13H,6-7,9-10,12H2,(H2,22,23,25). The Hall–Kier alpha value is -1.76. The Bertz CT molecular complexity index is 720. The number of hydrogen-bond acceptors (Lipinski definition) is 3. The van der Waals surface area contributed by atoms with Gasteiger partial charge in [-0.1, -0.05) is 17.7 Å². The number of rotatable bonds is 4. The molecule has 0 radical (unpaired) electrons. The fourth-order valence-corrected chi connectivity index (χ4v) is 3.35. The van der Waals surface area contributed by atoms with Gasteiger partial charge in [-0.3, -0.25) is 9.88 Å². The van der Waals surface area contributed by atoms with E-state index in [-0.39, 0.29) is 5.02 Å². The van der Waals surface area contributed by atoms with E-state index < -0.39 is 5.82 Å². The number of hydrogen-bond donors (Lipinski definition) is 2. The van der Waals surface area contributed by atoms with Gasteiger partial charge in [-0.2, -0.15) is 0 Å². The molecule has 7 heteroatoms. The van der Waals surface area contributed by atoms with Crippen molar-refractivity contribution in [1.29, 1.82) is 0 Å². The molecule has 1 aliphatic heterocycles. The number of aromatic nitrogens is 1. The Morgan fingerprint density at radius 2 is 2.08 bits per heavy atom. The SMILES string of the molecule is Fc1ccc(NC(=S)NC2CCN(Cc3ccccn3)CC2)cc1Cl. The van der Waals surface area contributed by atoms with E-state index in [1.165, 1.54) is 12.1 Å². The molecule has 4 nitrogen and oxygen atoms in total. The van der Waals surface area contributed by atoms with E-state index in [9.17, 15) is 4.39 Å². The number of pyridine rings is 1. The number of benzene rings is 1. The Morgan fingerprint density at radius 3 is 2.76 bits per heavy atom. The summed E-state index contributed by atoms with van der Waals surface area (Å²) in [6.07, 6.45) is 3.85. The van der Waals surface area contributed by atoms with Crippen molar-refractivity contribution in [3.8, 4) is 0 Å². The molecule has 132 valence electrons. The molecule has 0 saturated carbocycles. The molecule has 3 rings (SSSR count). The van der Waals surface area contributed by atoms with Crippen molar-refractivity contribution in [3.05, 3.63) is 59.1 Å². The maximum absolute atomic E-state index is 13.2. The van der Waals surface area contributed by atoms with Crippen molar-refractivity contribution in [2.75, 3.05) is 18.4 Å². The van der Waals surface area contributed by atoms with E-state index in [0.29, 0.717) is 16.8 Å². The van der Waals surface area contributed by atoms with E-state index in [1.807, 2.05) is 18.3 Å². The molecule has 0 aliphatic carbocycles. The lowest BCUT2D eigenvalue weighted by Gasteiger charge is -2.32. The van der Waals surface area contributed by atoms with Gasteiger partial charge >= 0.3 is 0 Å². The molecule has 0 amide bonds. The average Bonchev–Trinajstić information content (AvgIpc) is 2.61. The Labute approximate surface area is 157 Å². The van der Waals surface area contributed by atoms with Gasteiger partial charge in [0.15, 0.2) is 5.11 Å². The highest BCUT2D eigenvalue weighted by Gasteiger charge is 2.20. The molecule has 0 bridgehead atoms. The van der Waals surface area contributed by atoms with Crippen LogP contribution in [0, 0.1) is 5.82 Å². The molecule has 2 heterocycles. The Morgan fingerprint density at radius 1 is 1.28 bits per heavy atom. The molecule has 1 fully saturated rings. The van der Waals surface area contributed by atoms with Crippen LogP contribution >= 0.6 is 23.8 Å². The number of nitrogens with one attached hydrogen (secondary N) is 2. The molecule has 1 saturated heterocycles. The lowest BCUT2D eigenvalue weighted by atomic mass is 10.1. The van der Waals surface area contributed by atoms with Gasteiger partial charge in [0.2, 0.25) is 0 Å². The second kappa shape index (κ2) is 8.56. The fraction of sp³-hybridized carbons (Fsp3) is 0.333. The molecule has 25 heavy (non-hydrogen) atoms. The summed E-state index contributed by atoms with van der Waals surface area (Å²) in [7, 11) is 0. The quantitative estimate of drug-likeness (QED) is 0.791. The molecule has 0 atom stereocenters. The molecule has 1 aromatic heterocycles. The number of likely N-dealkylation sites (tertiary alicyclic amines) is 1. The zero-order valence-corrected chi connectivity index (χ0v) is 15.3. The molecule has 0 unspecified atom stereocenters. The summed E-state index contributed by atoms with van der Waals surface area (Å²) in [4.78, 5) is 6.77. The number of nitrogens with zero attached hydrogens (tertiary/aromatic N) is 2. The normalized spacial score (nSPS) is 15.8. The van der Waals surface area contributed by atoms with Gasteiger partial charge in [0.1, 0.15) is 5.82 Å².